The molecule has 1 aromatic rings. The maximum atomic E-state index is 5.60. The number of ether oxygens (including phenoxy) is 1. The van der Waals surface area contributed by atoms with E-state index in [-0.39, 0.29) is 0 Å². The lowest BCUT2D eigenvalue weighted by Gasteiger charge is -2.23. The molecule has 0 unspecified atom stereocenters. The van der Waals surface area contributed by atoms with Crippen LogP contribution >= 0.6 is 31.9 Å². The topological polar surface area (TPSA) is 21.3 Å². The summed E-state index contributed by atoms with van der Waals surface area (Å²) in [5.74, 6) is 0.893. The SMILES string of the molecule is CCOc1c(Br)cc(CNC2CCCCC2)cc1Br. The fourth-order valence-corrected chi connectivity index (χ4v) is 4.08. The van der Waals surface area contributed by atoms with Crippen molar-refractivity contribution >= 4 is 31.9 Å². The monoisotopic (exact) mass is 389 g/mol. The number of benzene rings is 1. The Hall–Kier alpha value is -0.0600. The predicted molar refractivity (Wildman–Crippen MR) is 86.7 cm³/mol. The van der Waals surface area contributed by atoms with Crippen molar-refractivity contribution in [3.63, 3.8) is 0 Å². The van der Waals surface area contributed by atoms with Crippen molar-refractivity contribution in [1.82, 2.24) is 5.32 Å². The van der Waals surface area contributed by atoms with Gasteiger partial charge in [0.25, 0.3) is 0 Å². The van der Waals surface area contributed by atoms with Crippen LogP contribution in [0.3, 0.4) is 0 Å². The molecular formula is C15H21Br2NO. The standard InChI is InChI=1S/C15H21Br2NO/c1-2-19-15-13(16)8-11(9-14(15)17)10-18-12-6-4-3-5-7-12/h8-9,12,18H,2-7,10H2,1H3. The van der Waals surface area contributed by atoms with Gasteiger partial charge in [0, 0.05) is 12.6 Å². The van der Waals surface area contributed by atoms with Crippen LogP contribution in [0.2, 0.25) is 0 Å². The molecule has 4 heteroatoms. The summed E-state index contributed by atoms with van der Waals surface area (Å²) in [6.45, 7) is 3.60. The fraction of sp³-hybridized carbons (Fsp3) is 0.600. The van der Waals surface area contributed by atoms with Gasteiger partial charge in [-0.05, 0) is 69.3 Å². The van der Waals surface area contributed by atoms with E-state index in [0.29, 0.717) is 12.6 Å². The molecule has 106 valence electrons. The van der Waals surface area contributed by atoms with Gasteiger partial charge < -0.3 is 10.1 Å². The zero-order valence-electron chi connectivity index (χ0n) is 11.3. The first-order valence-corrected chi connectivity index (χ1v) is 8.63. The molecule has 0 atom stereocenters. The van der Waals surface area contributed by atoms with Crippen molar-refractivity contribution < 1.29 is 4.74 Å². The van der Waals surface area contributed by atoms with Gasteiger partial charge in [0.05, 0.1) is 15.6 Å². The number of halogens is 2. The zero-order chi connectivity index (χ0) is 13.7. The zero-order valence-corrected chi connectivity index (χ0v) is 14.5. The van der Waals surface area contributed by atoms with E-state index in [1.54, 1.807) is 0 Å². The second-order valence-corrected chi connectivity index (χ2v) is 6.75. The Balaban J connectivity index is 1.96. The van der Waals surface area contributed by atoms with E-state index in [1.807, 2.05) is 6.92 Å². The fourth-order valence-electron chi connectivity index (χ4n) is 2.57. The Morgan fingerprint density at radius 1 is 1.16 bits per heavy atom. The van der Waals surface area contributed by atoms with Crippen LogP contribution in [0.1, 0.15) is 44.6 Å². The van der Waals surface area contributed by atoms with Crippen LogP contribution in [-0.2, 0) is 6.54 Å². The second kappa shape index (κ2) is 7.65. The molecule has 0 bridgehead atoms. The van der Waals surface area contributed by atoms with E-state index in [9.17, 15) is 0 Å². The molecule has 2 nitrogen and oxygen atoms in total. The van der Waals surface area contributed by atoms with Gasteiger partial charge in [0.2, 0.25) is 0 Å². The number of nitrogens with one attached hydrogen (secondary N) is 1. The Kier molecular flexibility index (Phi) is 6.17. The largest absolute Gasteiger partial charge is 0.492 e. The molecule has 1 aromatic carbocycles. The summed E-state index contributed by atoms with van der Waals surface area (Å²) in [5.41, 5.74) is 1.28. The Bertz CT molecular complexity index is 394. The number of rotatable bonds is 5. The number of hydrogen-bond donors (Lipinski definition) is 1. The van der Waals surface area contributed by atoms with E-state index in [1.165, 1.54) is 37.7 Å². The third-order valence-corrected chi connectivity index (χ3v) is 4.72. The Labute approximate surface area is 132 Å². The van der Waals surface area contributed by atoms with Gasteiger partial charge in [0.1, 0.15) is 5.75 Å². The van der Waals surface area contributed by atoms with Crippen LogP contribution in [0.5, 0.6) is 5.75 Å². The van der Waals surface area contributed by atoms with Crippen molar-refractivity contribution in [2.45, 2.75) is 51.6 Å². The van der Waals surface area contributed by atoms with Gasteiger partial charge in [-0.25, -0.2) is 0 Å². The maximum Gasteiger partial charge on any atom is 0.147 e. The van der Waals surface area contributed by atoms with E-state index >= 15 is 0 Å². The van der Waals surface area contributed by atoms with E-state index in [0.717, 1.165) is 21.2 Å². The molecule has 0 radical (unpaired) electrons. The third kappa shape index (κ3) is 4.47. The van der Waals surface area contributed by atoms with Crippen molar-refractivity contribution in [1.29, 1.82) is 0 Å². The molecule has 1 aliphatic carbocycles. The minimum absolute atomic E-state index is 0.677. The summed E-state index contributed by atoms with van der Waals surface area (Å²) in [4.78, 5) is 0. The van der Waals surface area contributed by atoms with Gasteiger partial charge in [0.15, 0.2) is 0 Å². The summed E-state index contributed by atoms with van der Waals surface area (Å²) < 4.78 is 7.64. The van der Waals surface area contributed by atoms with Crippen LogP contribution < -0.4 is 10.1 Å². The molecule has 1 fully saturated rings. The third-order valence-electron chi connectivity index (χ3n) is 3.55. The van der Waals surface area contributed by atoms with Crippen LogP contribution in [0.25, 0.3) is 0 Å². The minimum Gasteiger partial charge on any atom is -0.492 e. The highest BCUT2D eigenvalue weighted by molar-refractivity contribution is 9.11. The van der Waals surface area contributed by atoms with E-state index < -0.39 is 0 Å². The highest BCUT2D eigenvalue weighted by Crippen LogP contribution is 2.34. The molecule has 1 N–H and O–H groups in total. The molecule has 1 saturated carbocycles. The van der Waals surface area contributed by atoms with Crippen molar-refractivity contribution in [3.8, 4) is 5.75 Å². The summed E-state index contributed by atoms with van der Waals surface area (Å²) >= 11 is 7.16. The lowest BCUT2D eigenvalue weighted by molar-refractivity contribution is 0.335. The highest BCUT2D eigenvalue weighted by Gasteiger charge is 2.13. The predicted octanol–water partition coefficient (Wildman–Crippen LogP) is 5.03. The molecule has 1 aliphatic rings. The molecule has 0 saturated heterocycles. The van der Waals surface area contributed by atoms with Crippen molar-refractivity contribution in [2.75, 3.05) is 6.61 Å². The molecule has 19 heavy (non-hydrogen) atoms. The second-order valence-electron chi connectivity index (χ2n) is 5.04. The first-order chi connectivity index (χ1) is 9.20. The van der Waals surface area contributed by atoms with Gasteiger partial charge in [-0.2, -0.15) is 0 Å². The van der Waals surface area contributed by atoms with Crippen LogP contribution in [0.4, 0.5) is 0 Å². The lowest BCUT2D eigenvalue weighted by Crippen LogP contribution is -2.30. The first-order valence-electron chi connectivity index (χ1n) is 7.04. The Morgan fingerprint density at radius 2 is 1.79 bits per heavy atom. The molecule has 0 heterocycles. The lowest BCUT2D eigenvalue weighted by atomic mass is 9.95. The Morgan fingerprint density at radius 3 is 2.37 bits per heavy atom. The van der Waals surface area contributed by atoms with Crippen molar-refractivity contribution in [3.05, 3.63) is 26.6 Å². The molecule has 0 aromatic heterocycles. The molecule has 0 spiro atoms. The summed E-state index contributed by atoms with van der Waals surface area (Å²) in [7, 11) is 0. The smallest absolute Gasteiger partial charge is 0.147 e. The van der Waals surface area contributed by atoms with Crippen LogP contribution in [-0.4, -0.2) is 12.6 Å². The van der Waals surface area contributed by atoms with Crippen LogP contribution in [0, 0.1) is 0 Å². The molecule has 0 aliphatic heterocycles. The average molecular weight is 391 g/mol. The van der Waals surface area contributed by atoms with Gasteiger partial charge >= 0.3 is 0 Å². The van der Waals surface area contributed by atoms with Gasteiger partial charge in [-0.15, -0.1) is 0 Å². The molecule has 2 rings (SSSR count). The van der Waals surface area contributed by atoms with Crippen molar-refractivity contribution in [2.24, 2.45) is 0 Å². The van der Waals surface area contributed by atoms with Gasteiger partial charge in [-0.1, -0.05) is 19.3 Å². The summed E-state index contributed by atoms with van der Waals surface area (Å²) in [5, 5.41) is 3.66. The normalized spacial score (nSPS) is 16.6. The maximum absolute atomic E-state index is 5.60. The number of hydrogen-bond acceptors (Lipinski definition) is 2. The average Bonchev–Trinajstić information content (AvgIpc) is 2.42. The van der Waals surface area contributed by atoms with Crippen LogP contribution in [0.15, 0.2) is 21.1 Å². The first kappa shape index (κ1) is 15.3. The highest BCUT2D eigenvalue weighted by atomic mass is 79.9. The molecular weight excluding hydrogens is 370 g/mol. The van der Waals surface area contributed by atoms with E-state index in [2.05, 4.69) is 49.3 Å². The summed E-state index contributed by atoms with van der Waals surface area (Å²) in [6, 6.07) is 4.98. The molecule has 0 amide bonds. The van der Waals surface area contributed by atoms with E-state index in [4.69, 9.17) is 4.74 Å². The summed E-state index contributed by atoms with van der Waals surface area (Å²) in [6.07, 6.45) is 6.78. The quantitative estimate of drug-likeness (QED) is 0.760. The van der Waals surface area contributed by atoms with Gasteiger partial charge in [-0.3, -0.25) is 0 Å². The minimum atomic E-state index is 0.677.